The van der Waals surface area contributed by atoms with E-state index in [1.165, 1.54) is 0 Å². The second-order valence-electron chi connectivity index (χ2n) is 3.70. The van der Waals surface area contributed by atoms with Gasteiger partial charge in [0.15, 0.2) is 0 Å². The Morgan fingerprint density at radius 3 is 2.79 bits per heavy atom. The first-order valence-electron chi connectivity index (χ1n) is 4.83. The Hall–Kier alpha value is -1.39. The van der Waals surface area contributed by atoms with Crippen LogP contribution < -0.4 is 0 Å². The zero-order valence-electron chi connectivity index (χ0n) is 8.10. The zero-order chi connectivity index (χ0) is 10.2. The predicted molar refractivity (Wildman–Crippen MR) is 48.9 cm³/mol. The molecule has 1 fully saturated rings. The van der Waals surface area contributed by atoms with E-state index in [1.807, 2.05) is 6.92 Å². The van der Waals surface area contributed by atoms with Gasteiger partial charge in [0.2, 0.25) is 0 Å². The van der Waals surface area contributed by atoms with Crippen LogP contribution in [0.3, 0.4) is 0 Å². The van der Waals surface area contributed by atoms with Crippen molar-refractivity contribution in [1.82, 2.24) is 15.0 Å². The maximum absolute atomic E-state index is 11.1. The molecule has 0 aromatic carbocycles. The van der Waals surface area contributed by atoms with Crippen LogP contribution in [-0.2, 0) is 16.8 Å². The lowest BCUT2D eigenvalue weighted by Crippen LogP contribution is -2.42. The maximum atomic E-state index is 11.1. The summed E-state index contributed by atoms with van der Waals surface area (Å²) in [5.41, 5.74) is -0.133. The molecule has 1 aromatic heterocycles. The van der Waals surface area contributed by atoms with Crippen molar-refractivity contribution in [2.45, 2.75) is 38.1 Å². The van der Waals surface area contributed by atoms with Crippen molar-refractivity contribution >= 4 is 5.97 Å². The Morgan fingerprint density at radius 1 is 1.71 bits per heavy atom. The van der Waals surface area contributed by atoms with Gasteiger partial charge < -0.3 is 5.11 Å². The molecule has 0 saturated heterocycles. The van der Waals surface area contributed by atoms with E-state index < -0.39 is 11.4 Å². The Balaban J connectivity index is 2.32. The average Bonchev–Trinajstić information content (AvgIpc) is 2.50. The molecule has 76 valence electrons. The number of aryl methyl sites for hydroxylation is 1. The van der Waals surface area contributed by atoms with E-state index in [4.69, 9.17) is 5.11 Å². The standard InChI is InChI=1S/C9H13N3O2/c1-2-12-6-7(10-11-12)9(8(13)14)4-3-5-9/h6H,2-5H2,1H3,(H,13,14). The quantitative estimate of drug-likeness (QED) is 0.774. The highest BCUT2D eigenvalue weighted by Crippen LogP contribution is 2.42. The summed E-state index contributed by atoms with van der Waals surface area (Å²) in [5, 5.41) is 16.9. The lowest BCUT2D eigenvalue weighted by atomic mass is 9.67. The third-order valence-corrected chi connectivity index (χ3v) is 2.97. The average molecular weight is 195 g/mol. The molecule has 1 aromatic rings. The molecule has 2 rings (SSSR count). The molecule has 0 unspecified atom stereocenters. The smallest absolute Gasteiger partial charge is 0.315 e. The number of aliphatic carboxylic acids is 1. The lowest BCUT2D eigenvalue weighted by molar-refractivity contribution is -0.147. The number of carboxylic acids is 1. The highest BCUT2D eigenvalue weighted by Gasteiger charge is 2.48. The monoisotopic (exact) mass is 195 g/mol. The first kappa shape index (κ1) is 9.18. The van der Waals surface area contributed by atoms with Crippen molar-refractivity contribution in [1.29, 1.82) is 0 Å². The molecule has 0 aliphatic heterocycles. The highest BCUT2D eigenvalue weighted by atomic mass is 16.4. The van der Waals surface area contributed by atoms with Gasteiger partial charge in [-0.2, -0.15) is 0 Å². The van der Waals surface area contributed by atoms with Gasteiger partial charge in [-0.25, -0.2) is 0 Å². The number of nitrogens with zero attached hydrogens (tertiary/aromatic N) is 3. The number of hydrogen-bond acceptors (Lipinski definition) is 3. The van der Waals surface area contributed by atoms with Gasteiger partial charge in [0, 0.05) is 12.7 Å². The van der Waals surface area contributed by atoms with Crippen LogP contribution >= 0.6 is 0 Å². The summed E-state index contributed by atoms with van der Waals surface area (Å²) in [4.78, 5) is 11.1. The summed E-state index contributed by atoms with van der Waals surface area (Å²) < 4.78 is 1.67. The number of hydrogen-bond donors (Lipinski definition) is 1. The molecule has 1 saturated carbocycles. The summed E-state index contributed by atoms with van der Waals surface area (Å²) in [7, 11) is 0. The second kappa shape index (κ2) is 3.08. The van der Waals surface area contributed by atoms with Crippen molar-refractivity contribution < 1.29 is 9.90 Å². The number of carbonyl (C=O) groups is 1. The minimum absolute atomic E-state index is 0.609. The van der Waals surface area contributed by atoms with E-state index in [1.54, 1.807) is 10.9 Å². The van der Waals surface area contributed by atoms with Crippen LogP contribution in [0.4, 0.5) is 0 Å². The van der Waals surface area contributed by atoms with Gasteiger partial charge in [0.05, 0.1) is 5.69 Å². The Kier molecular flexibility index (Phi) is 2.02. The molecule has 5 nitrogen and oxygen atoms in total. The highest BCUT2D eigenvalue weighted by molar-refractivity contribution is 5.81. The molecule has 0 spiro atoms. The largest absolute Gasteiger partial charge is 0.481 e. The fraction of sp³-hybridized carbons (Fsp3) is 0.667. The third-order valence-electron chi connectivity index (χ3n) is 2.97. The van der Waals surface area contributed by atoms with Crippen LogP contribution in [0.25, 0.3) is 0 Å². The molecule has 0 atom stereocenters. The molecule has 5 heteroatoms. The summed E-state index contributed by atoms with van der Waals surface area (Å²) >= 11 is 0. The zero-order valence-corrected chi connectivity index (χ0v) is 8.10. The van der Waals surface area contributed by atoms with Crippen LogP contribution in [0.1, 0.15) is 31.9 Å². The van der Waals surface area contributed by atoms with Gasteiger partial charge in [0.1, 0.15) is 5.41 Å². The van der Waals surface area contributed by atoms with Crippen molar-refractivity contribution in [2.24, 2.45) is 0 Å². The maximum Gasteiger partial charge on any atom is 0.315 e. The summed E-state index contributed by atoms with van der Waals surface area (Å²) in [6.07, 6.45) is 4.08. The predicted octanol–water partition coefficient (Wildman–Crippen LogP) is 0.804. The molecule has 1 N–H and O–H groups in total. The Labute approximate surface area is 81.7 Å². The van der Waals surface area contributed by atoms with E-state index in [2.05, 4.69) is 10.3 Å². The van der Waals surface area contributed by atoms with Gasteiger partial charge in [-0.3, -0.25) is 9.48 Å². The van der Waals surface area contributed by atoms with E-state index in [0.717, 1.165) is 13.0 Å². The van der Waals surface area contributed by atoms with Gasteiger partial charge in [0.25, 0.3) is 0 Å². The molecule has 1 aliphatic rings. The van der Waals surface area contributed by atoms with Crippen LogP contribution in [-0.4, -0.2) is 26.1 Å². The molecule has 0 amide bonds. The molecule has 1 heterocycles. The molecular weight excluding hydrogens is 182 g/mol. The van der Waals surface area contributed by atoms with Crippen molar-refractivity contribution in [3.8, 4) is 0 Å². The van der Waals surface area contributed by atoms with Crippen molar-refractivity contribution in [2.75, 3.05) is 0 Å². The van der Waals surface area contributed by atoms with E-state index in [0.29, 0.717) is 18.5 Å². The van der Waals surface area contributed by atoms with Gasteiger partial charge >= 0.3 is 5.97 Å². The molecule has 0 radical (unpaired) electrons. The fourth-order valence-corrected chi connectivity index (χ4v) is 1.78. The lowest BCUT2D eigenvalue weighted by Gasteiger charge is -2.35. The second-order valence-corrected chi connectivity index (χ2v) is 3.70. The van der Waals surface area contributed by atoms with Gasteiger partial charge in [-0.15, -0.1) is 5.10 Å². The van der Waals surface area contributed by atoms with Gasteiger partial charge in [-0.05, 0) is 19.8 Å². The van der Waals surface area contributed by atoms with Crippen molar-refractivity contribution in [3.05, 3.63) is 11.9 Å². The first-order valence-corrected chi connectivity index (χ1v) is 4.83. The normalized spacial score (nSPS) is 18.9. The number of rotatable bonds is 3. The van der Waals surface area contributed by atoms with Crippen LogP contribution in [0.2, 0.25) is 0 Å². The number of carboxylic acid groups (broad SMARTS) is 1. The Morgan fingerprint density at radius 2 is 2.43 bits per heavy atom. The Bertz CT molecular complexity index is 355. The molecule has 14 heavy (non-hydrogen) atoms. The van der Waals surface area contributed by atoms with Gasteiger partial charge in [-0.1, -0.05) is 11.6 Å². The van der Waals surface area contributed by atoms with Crippen molar-refractivity contribution in [3.63, 3.8) is 0 Å². The van der Waals surface area contributed by atoms with E-state index in [-0.39, 0.29) is 0 Å². The number of aromatic nitrogens is 3. The van der Waals surface area contributed by atoms with Crippen LogP contribution in [0.15, 0.2) is 6.20 Å². The minimum atomic E-state index is -0.771. The fourth-order valence-electron chi connectivity index (χ4n) is 1.78. The van der Waals surface area contributed by atoms with Crippen LogP contribution in [0.5, 0.6) is 0 Å². The van der Waals surface area contributed by atoms with Crippen LogP contribution in [0, 0.1) is 0 Å². The summed E-state index contributed by atoms with van der Waals surface area (Å²) in [6, 6.07) is 0. The molecule has 0 bridgehead atoms. The molecular formula is C9H13N3O2. The first-order chi connectivity index (χ1) is 6.69. The van der Waals surface area contributed by atoms with E-state index >= 15 is 0 Å². The SMILES string of the molecule is CCn1cc(C2(C(=O)O)CCC2)nn1. The minimum Gasteiger partial charge on any atom is -0.481 e. The summed E-state index contributed by atoms with van der Waals surface area (Å²) in [6.45, 7) is 2.68. The summed E-state index contributed by atoms with van der Waals surface area (Å²) in [5.74, 6) is -0.771. The van der Waals surface area contributed by atoms with E-state index in [9.17, 15) is 4.79 Å². The topological polar surface area (TPSA) is 68.0 Å². The third kappa shape index (κ3) is 1.12. The molecule has 1 aliphatic carbocycles.